The molecule has 0 radical (unpaired) electrons. The standard InChI is InChI=1S/C26H23FN2O3S/c1-3-29-25(30)24(33-26(29)28-20-11-13-21(31-2)14-12-20)16-18-7-6-9-22(15-18)32-17-19-8-4-5-10-23(19)27/h4-16H,3,17H2,1-2H3/b24-16+,28-26?. The van der Waals surface area contributed by atoms with Crippen LogP contribution in [-0.2, 0) is 11.4 Å². The number of halogens is 1. The molecular weight excluding hydrogens is 439 g/mol. The van der Waals surface area contributed by atoms with Gasteiger partial charge in [-0.05, 0) is 72.8 Å². The number of amidine groups is 1. The van der Waals surface area contributed by atoms with Crippen LogP contribution in [0.1, 0.15) is 18.1 Å². The lowest BCUT2D eigenvalue weighted by molar-refractivity contribution is -0.122. The van der Waals surface area contributed by atoms with Crippen LogP contribution in [0.5, 0.6) is 11.5 Å². The molecule has 0 aromatic heterocycles. The number of ether oxygens (including phenoxy) is 2. The first-order valence-electron chi connectivity index (χ1n) is 10.5. The average Bonchev–Trinajstić information content (AvgIpc) is 3.12. The Balaban J connectivity index is 1.52. The number of amides is 1. The van der Waals surface area contributed by atoms with E-state index >= 15 is 0 Å². The Kier molecular flexibility index (Phi) is 7.10. The van der Waals surface area contributed by atoms with Crippen LogP contribution in [0.25, 0.3) is 6.08 Å². The van der Waals surface area contributed by atoms with Gasteiger partial charge in [-0.1, -0.05) is 30.3 Å². The maximum atomic E-state index is 13.8. The summed E-state index contributed by atoms with van der Waals surface area (Å²) in [4.78, 5) is 19.8. The monoisotopic (exact) mass is 462 g/mol. The number of hydrogen-bond donors (Lipinski definition) is 0. The van der Waals surface area contributed by atoms with Gasteiger partial charge in [-0.3, -0.25) is 9.69 Å². The molecule has 1 aliphatic heterocycles. The number of carbonyl (C=O) groups excluding carboxylic acids is 1. The van der Waals surface area contributed by atoms with Crippen molar-refractivity contribution in [2.75, 3.05) is 13.7 Å². The molecule has 5 nitrogen and oxygen atoms in total. The van der Waals surface area contributed by atoms with Gasteiger partial charge < -0.3 is 9.47 Å². The minimum atomic E-state index is -0.299. The van der Waals surface area contributed by atoms with Crippen LogP contribution in [0.15, 0.2) is 82.7 Å². The van der Waals surface area contributed by atoms with E-state index in [-0.39, 0.29) is 18.3 Å². The highest BCUT2D eigenvalue weighted by Crippen LogP contribution is 2.34. The Labute approximate surface area is 196 Å². The molecule has 0 spiro atoms. The molecular formula is C26H23FN2O3S. The topological polar surface area (TPSA) is 51.1 Å². The second-order valence-corrected chi connectivity index (χ2v) is 8.21. The van der Waals surface area contributed by atoms with Crippen LogP contribution < -0.4 is 9.47 Å². The molecule has 0 aliphatic carbocycles. The Morgan fingerprint density at radius 1 is 1.03 bits per heavy atom. The number of rotatable bonds is 7. The Bertz CT molecular complexity index is 1210. The van der Waals surface area contributed by atoms with Crippen molar-refractivity contribution in [1.82, 2.24) is 4.90 Å². The van der Waals surface area contributed by atoms with Crippen molar-refractivity contribution in [3.8, 4) is 11.5 Å². The fraction of sp³-hybridized carbons (Fsp3) is 0.154. The number of thioether (sulfide) groups is 1. The van der Waals surface area contributed by atoms with Crippen LogP contribution in [0.2, 0.25) is 0 Å². The van der Waals surface area contributed by atoms with Gasteiger partial charge in [0.2, 0.25) is 0 Å². The van der Waals surface area contributed by atoms with E-state index in [0.29, 0.717) is 27.9 Å². The van der Waals surface area contributed by atoms with Gasteiger partial charge in [0.1, 0.15) is 23.9 Å². The smallest absolute Gasteiger partial charge is 0.266 e. The highest BCUT2D eigenvalue weighted by atomic mass is 32.2. The van der Waals surface area contributed by atoms with E-state index in [1.54, 1.807) is 36.3 Å². The van der Waals surface area contributed by atoms with Crippen LogP contribution in [0.4, 0.5) is 10.1 Å². The second-order valence-electron chi connectivity index (χ2n) is 7.21. The number of aliphatic imine (C=N–C) groups is 1. The van der Waals surface area contributed by atoms with Gasteiger partial charge in [0.05, 0.1) is 17.7 Å². The highest BCUT2D eigenvalue weighted by Gasteiger charge is 2.32. The number of methoxy groups -OCH3 is 1. The van der Waals surface area contributed by atoms with Crippen molar-refractivity contribution in [3.05, 3.63) is 94.6 Å². The quantitative estimate of drug-likeness (QED) is 0.402. The van der Waals surface area contributed by atoms with Crippen molar-refractivity contribution < 1.29 is 18.7 Å². The zero-order chi connectivity index (χ0) is 23.2. The van der Waals surface area contributed by atoms with Crippen molar-refractivity contribution in [2.24, 2.45) is 4.99 Å². The van der Waals surface area contributed by atoms with E-state index in [1.165, 1.54) is 17.8 Å². The molecule has 4 rings (SSSR count). The van der Waals surface area contributed by atoms with E-state index in [9.17, 15) is 9.18 Å². The summed E-state index contributed by atoms with van der Waals surface area (Å²) in [6.07, 6.45) is 1.82. The molecule has 0 unspecified atom stereocenters. The van der Waals surface area contributed by atoms with Gasteiger partial charge in [0, 0.05) is 12.1 Å². The summed E-state index contributed by atoms with van der Waals surface area (Å²) >= 11 is 1.33. The number of carbonyl (C=O) groups is 1. The summed E-state index contributed by atoms with van der Waals surface area (Å²) in [6.45, 7) is 2.56. The lowest BCUT2D eigenvalue weighted by Gasteiger charge is -2.12. The molecule has 1 aliphatic rings. The minimum absolute atomic E-state index is 0.0903. The maximum absolute atomic E-state index is 13.8. The van der Waals surface area contributed by atoms with E-state index in [1.807, 2.05) is 55.5 Å². The van der Waals surface area contributed by atoms with Crippen LogP contribution in [0.3, 0.4) is 0 Å². The van der Waals surface area contributed by atoms with Crippen LogP contribution in [0, 0.1) is 5.82 Å². The summed E-state index contributed by atoms with van der Waals surface area (Å²) in [6, 6.07) is 21.3. The van der Waals surface area contributed by atoms with E-state index in [2.05, 4.69) is 4.99 Å². The molecule has 168 valence electrons. The largest absolute Gasteiger partial charge is 0.497 e. The van der Waals surface area contributed by atoms with Gasteiger partial charge in [-0.2, -0.15) is 0 Å². The van der Waals surface area contributed by atoms with Gasteiger partial charge in [0.25, 0.3) is 5.91 Å². The highest BCUT2D eigenvalue weighted by molar-refractivity contribution is 8.18. The van der Waals surface area contributed by atoms with Gasteiger partial charge in [-0.15, -0.1) is 0 Å². The number of hydrogen-bond acceptors (Lipinski definition) is 5. The van der Waals surface area contributed by atoms with Crippen LogP contribution in [-0.4, -0.2) is 29.6 Å². The van der Waals surface area contributed by atoms with Crippen molar-refractivity contribution in [3.63, 3.8) is 0 Å². The van der Waals surface area contributed by atoms with Crippen LogP contribution >= 0.6 is 11.8 Å². The fourth-order valence-electron chi connectivity index (χ4n) is 3.26. The molecule has 1 fully saturated rings. The molecule has 33 heavy (non-hydrogen) atoms. The van der Waals surface area contributed by atoms with Crippen molar-refractivity contribution in [1.29, 1.82) is 0 Å². The molecule has 1 heterocycles. The Hall–Kier alpha value is -3.58. The molecule has 3 aromatic carbocycles. The zero-order valence-corrected chi connectivity index (χ0v) is 19.1. The SMILES string of the molecule is CCN1C(=O)/C(=C\c2cccc(OCc3ccccc3F)c2)SC1=Nc1ccc(OC)cc1. The predicted molar refractivity (Wildman–Crippen MR) is 130 cm³/mol. The van der Waals surface area contributed by atoms with E-state index in [4.69, 9.17) is 9.47 Å². The Morgan fingerprint density at radius 2 is 1.82 bits per heavy atom. The third-order valence-corrected chi connectivity index (χ3v) is 6.02. The predicted octanol–water partition coefficient (Wildman–Crippen LogP) is 6.04. The number of likely N-dealkylation sites (N-methyl/N-ethyl adjacent to an activating group) is 1. The number of nitrogens with zero attached hydrogens (tertiary/aromatic N) is 2. The molecule has 7 heteroatoms. The first-order valence-corrected chi connectivity index (χ1v) is 11.3. The third kappa shape index (κ3) is 5.43. The molecule has 3 aromatic rings. The van der Waals surface area contributed by atoms with Crippen molar-refractivity contribution >= 4 is 34.6 Å². The van der Waals surface area contributed by atoms with Crippen molar-refractivity contribution in [2.45, 2.75) is 13.5 Å². The summed E-state index contributed by atoms with van der Waals surface area (Å²) in [5, 5.41) is 0.630. The summed E-state index contributed by atoms with van der Waals surface area (Å²) in [5.41, 5.74) is 2.05. The Morgan fingerprint density at radius 3 is 2.55 bits per heavy atom. The lowest BCUT2D eigenvalue weighted by atomic mass is 10.2. The second kappa shape index (κ2) is 10.4. The van der Waals surface area contributed by atoms with Gasteiger partial charge >= 0.3 is 0 Å². The summed E-state index contributed by atoms with van der Waals surface area (Å²) in [7, 11) is 1.61. The summed E-state index contributed by atoms with van der Waals surface area (Å²) in [5.74, 6) is 0.959. The first-order chi connectivity index (χ1) is 16.1. The molecule has 1 saturated heterocycles. The van der Waals surface area contributed by atoms with E-state index in [0.717, 1.165) is 17.0 Å². The first kappa shape index (κ1) is 22.6. The lowest BCUT2D eigenvalue weighted by Crippen LogP contribution is -2.28. The van der Waals surface area contributed by atoms with Gasteiger partial charge in [0.15, 0.2) is 5.17 Å². The van der Waals surface area contributed by atoms with E-state index < -0.39 is 0 Å². The maximum Gasteiger partial charge on any atom is 0.266 e. The number of benzene rings is 3. The fourth-order valence-corrected chi connectivity index (χ4v) is 4.32. The average molecular weight is 463 g/mol. The minimum Gasteiger partial charge on any atom is -0.497 e. The molecule has 1 amide bonds. The zero-order valence-electron chi connectivity index (χ0n) is 18.3. The molecule has 0 saturated carbocycles. The summed E-state index contributed by atoms with van der Waals surface area (Å²) < 4.78 is 24.8. The molecule has 0 bridgehead atoms. The normalized spacial score (nSPS) is 16.0. The van der Waals surface area contributed by atoms with Gasteiger partial charge in [-0.25, -0.2) is 9.38 Å². The molecule has 0 N–H and O–H groups in total. The molecule has 0 atom stereocenters. The third-order valence-electron chi connectivity index (χ3n) is 5.01.